The highest BCUT2D eigenvalue weighted by Crippen LogP contribution is 2.40. The van der Waals surface area contributed by atoms with Gasteiger partial charge in [-0.15, -0.1) is 0 Å². The molecule has 0 aromatic heterocycles. The third kappa shape index (κ3) is 4.59. The standard InChI is InChI=1S/C20H20BrNO4/c1-12(22)18(15(20(25)26)11-17(23)24)19(13-7-3-2-4-8-13)14-9-5-6-10-16(14)21/h2-12,18-19H,22H2,1H3,(H,23,24)(H,25,26)/b15-11+. The van der Waals surface area contributed by atoms with E-state index in [0.717, 1.165) is 21.7 Å². The van der Waals surface area contributed by atoms with E-state index >= 15 is 0 Å². The minimum atomic E-state index is -1.31. The van der Waals surface area contributed by atoms with Crippen molar-refractivity contribution in [3.05, 3.63) is 81.8 Å². The van der Waals surface area contributed by atoms with Crippen molar-refractivity contribution in [2.45, 2.75) is 18.9 Å². The van der Waals surface area contributed by atoms with Gasteiger partial charge in [-0.3, -0.25) is 0 Å². The van der Waals surface area contributed by atoms with Crippen LogP contribution in [0.3, 0.4) is 0 Å². The molecule has 0 saturated heterocycles. The van der Waals surface area contributed by atoms with Crippen LogP contribution in [0.1, 0.15) is 24.0 Å². The van der Waals surface area contributed by atoms with Gasteiger partial charge >= 0.3 is 11.9 Å². The van der Waals surface area contributed by atoms with Crippen LogP contribution in [0.25, 0.3) is 0 Å². The fourth-order valence-corrected chi connectivity index (χ4v) is 3.70. The number of hydrogen-bond donors (Lipinski definition) is 3. The van der Waals surface area contributed by atoms with Crippen LogP contribution in [0.2, 0.25) is 0 Å². The SMILES string of the molecule is CC(N)C(/C(=C\C(=O)O)C(=O)O)C(c1ccccc1)c1ccccc1Br. The zero-order valence-electron chi connectivity index (χ0n) is 14.2. The first-order valence-corrected chi connectivity index (χ1v) is 8.85. The van der Waals surface area contributed by atoms with Crippen LogP contribution in [0.4, 0.5) is 0 Å². The molecule has 0 amide bonds. The lowest BCUT2D eigenvalue weighted by molar-refractivity contribution is -0.135. The van der Waals surface area contributed by atoms with E-state index in [1.165, 1.54) is 0 Å². The third-order valence-electron chi connectivity index (χ3n) is 4.21. The number of carboxylic acids is 2. The minimum absolute atomic E-state index is 0.225. The van der Waals surface area contributed by atoms with Crippen LogP contribution in [0, 0.1) is 5.92 Å². The Hall–Kier alpha value is -2.44. The normalized spacial score (nSPS) is 15.1. The van der Waals surface area contributed by atoms with Gasteiger partial charge in [0.1, 0.15) is 0 Å². The van der Waals surface area contributed by atoms with Gasteiger partial charge in [-0.25, -0.2) is 9.59 Å². The molecule has 0 aliphatic carbocycles. The van der Waals surface area contributed by atoms with Crippen LogP contribution in [-0.4, -0.2) is 28.2 Å². The van der Waals surface area contributed by atoms with Gasteiger partial charge in [-0.2, -0.15) is 0 Å². The summed E-state index contributed by atoms with van der Waals surface area (Å²) in [6.07, 6.45) is 0.739. The van der Waals surface area contributed by atoms with Crippen molar-refractivity contribution in [1.29, 1.82) is 0 Å². The van der Waals surface area contributed by atoms with Crippen molar-refractivity contribution in [1.82, 2.24) is 0 Å². The van der Waals surface area contributed by atoms with Gasteiger partial charge < -0.3 is 15.9 Å². The second-order valence-electron chi connectivity index (χ2n) is 6.04. The van der Waals surface area contributed by atoms with Crippen molar-refractivity contribution < 1.29 is 19.8 Å². The van der Waals surface area contributed by atoms with Gasteiger partial charge in [0.25, 0.3) is 0 Å². The molecular formula is C20H20BrNO4. The molecule has 4 N–H and O–H groups in total. The average Bonchev–Trinajstić information content (AvgIpc) is 2.59. The average molecular weight is 418 g/mol. The fraction of sp³-hybridized carbons (Fsp3) is 0.200. The number of carboxylic acid groups (broad SMARTS) is 2. The van der Waals surface area contributed by atoms with E-state index in [9.17, 15) is 14.7 Å². The van der Waals surface area contributed by atoms with Crippen LogP contribution >= 0.6 is 15.9 Å². The number of carbonyl (C=O) groups is 2. The molecule has 2 aromatic rings. The summed E-state index contributed by atoms with van der Waals surface area (Å²) in [5, 5.41) is 18.8. The second-order valence-corrected chi connectivity index (χ2v) is 6.89. The Morgan fingerprint density at radius 2 is 1.62 bits per heavy atom. The Morgan fingerprint density at radius 3 is 2.12 bits per heavy atom. The smallest absolute Gasteiger partial charge is 0.332 e. The number of hydrogen-bond acceptors (Lipinski definition) is 3. The first kappa shape index (κ1) is 19.9. The van der Waals surface area contributed by atoms with Crippen LogP contribution in [-0.2, 0) is 9.59 Å². The predicted octanol–water partition coefficient (Wildman–Crippen LogP) is 3.64. The second kappa shape index (κ2) is 8.78. The van der Waals surface area contributed by atoms with Crippen molar-refractivity contribution in [2.24, 2.45) is 11.7 Å². The van der Waals surface area contributed by atoms with Crippen LogP contribution in [0.5, 0.6) is 0 Å². The molecule has 0 saturated carbocycles. The summed E-state index contributed by atoms with van der Waals surface area (Å²) in [6, 6.07) is 16.2. The topological polar surface area (TPSA) is 101 Å². The molecule has 26 heavy (non-hydrogen) atoms. The van der Waals surface area contributed by atoms with Gasteiger partial charge in [0.15, 0.2) is 0 Å². The van der Waals surface area contributed by atoms with Gasteiger partial charge in [0.2, 0.25) is 0 Å². The Morgan fingerprint density at radius 1 is 1.04 bits per heavy atom. The summed E-state index contributed by atoms with van der Waals surface area (Å²) in [6.45, 7) is 1.69. The van der Waals surface area contributed by atoms with Gasteiger partial charge in [0.05, 0.1) is 0 Å². The van der Waals surface area contributed by atoms with Crippen molar-refractivity contribution >= 4 is 27.9 Å². The molecule has 0 heterocycles. The molecule has 0 radical (unpaired) electrons. The van der Waals surface area contributed by atoms with Crippen LogP contribution < -0.4 is 5.73 Å². The number of halogens is 1. The van der Waals surface area contributed by atoms with E-state index in [1.807, 2.05) is 54.6 Å². The van der Waals surface area contributed by atoms with Gasteiger partial charge in [-0.05, 0) is 24.1 Å². The summed E-state index contributed by atoms with van der Waals surface area (Å²) in [4.78, 5) is 23.0. The van der Waals surface area contributed by atoms with E-state index in [2.05, 4.69) is 15.9 Å². The Kier molecular flexibility index (Phi) is 6.71. The van der Waals surface area contributed by atoms with E-state index in [0.29, 0.717) is 0 Å². The van der Waals surface area contributed by atoms with Gasteiger partial charge in [0, 0.05) is 34.0 Å². The lowest BCUT2D eigenvalue weighted by Crippen LogP contribution is -2.36. The molecule has 5 nitrogen and oxygen atoms in total. The number of benzene rings is 2. The molecule has 3 atom stereocenters. The van der Waals surface area contributed by atoms with E-state index < -0.39 is 29.8 Å². The maximum absolute atomic E-state index is 11.8. The molecule has 0 fully saturated rings. The predicted molar refractivity (Wildman–Crippen MR) is 103 cm³/mol. The summed E-state index contributed by atoms with van der Waals surface area (Å²) in [7, 11) is 0. The molecule has 6 heteroatoms. The highest BCUT2D eigenvalue weighted by atomic mass is 79.9. The van der Waals surface area contributed by atoms with Crippen LogP contribution in [0.15, 0.2) is 70.7 Å². The summed E-state index contributed by atoms with van der Waals surface area (Å²) < 4.78 is 0.805. The largest absolute Gasteiger partial charge is 0.478 e. The number of aliphatic carboxylic acids is 2. The first-order valence-electron chi connectivity index (χ1n) is 8.05. The van der Waals surface area contributed by atoms with Crippen molar-refractivity contribution in [3.63, 3.8) is 0 Å². The lowest BCUT2D eigenvalue weighted by atomic mass is 9.73. The Labute approximate surface area is 160 Å². The molecule has 0 bridgehead atoms. The number of nitrogens with two attached hydrogens (primary N) is 1. The molecule has 0 aliphatic heterocycles. The maximum atomic E-state index is 11.8. The Balaban J connectivity index is 2.74. The minimum Gasteiger partial charge on any atom is -0.478 e. The van der Waals surface area contributed by atoms with Gasteiger partial charge in [-0.1, -0.05) is 64.5 Å². The molecule has 2 rings (SSSR count). The van der Waals surface area contributed by atoms with E-state index in [-0.39, 0.29) is 5.57 Å². The first-order chi connectivity index (χ1) is 12.3. The van der Waals surface area contributed by atoms with Crippen molar-refractivity contribution in [2.75, 3.05) is 0 Å². The van der Waals surface area contributed by atoms with Crippen molar-refractivity contribution in [3.8, 4) is 0 Å². The monoisotopic (exact) mass is 417 g/mol. The fourth-order valence-electron chi connectivity index (χ4n) is 3.17. The molecule has 0 spiro atoms. The molecule has 0 aliphatic rings. The zero-order chi connectivity index (χ0) is 19.3. The summed E-state index contributed by atoms with van der Waals surface area (Å²) in [5.41, 5.74) is 7.65. The third-order valence-corrected chi connectivity index (χ3v) is 4.93. The number of rotatable bonds is 7. The highest BCUT2D eigenvalue weighted by Gasteiger charge is 2.35. The van der Waals surface area contributed by atoms with E-state index in [1.54, 1.807) is 6.92 Å². The molecular weight excluding hydrogens is 398 g/mol. The molecule has 2 aromatic carbocycles. The Bertz CT molecular complexity index is 818. The summed E-state index contributed by atoms with van der Waals surface area (Å²) >= 11 is 3.52. The maximum Gasteiger partial charge on any atom is 0.332 e. The summed E-state index contributed by atoms with van der Waals surface area (Å²) in [5.74, 6) is -3.76. The molecule has 136 valence electrons. The quantitative estimate of drug-likeness (QED) is 0.596. The zero-order valence-corrected chi connectivity index (χ0v) is 15.8. The lowest BCUT2D eigenvalue weighted by Gasteiger charge is -2.32. The highest BCUT2D eigenvalue weighted by molar-refractivity contribution is 9.10. The van der Waals surface area contributed by atoms with E-state index in [4.69, 9.17) is 10.8 Å². The molecule has 3 unspecified atom stereocenters.